The van der Waals surface area contributed by atoms with Gasteiger partial charge in [-0.3, -0.25) is 4.68 Å². The number of piperazine rings is 1. The molecule has 136 valence electrons. The molecule has 0 bridgehead atoms. The topological polar surface area (TPSA) is 58.4 Å². The molecule has 1 unspecified atom stereocenters. The van der Waals surface area contributed by atoms with E-state index in [1.54, 1.807) is 10.9 Å². The molecule has 0 amide bonds. The minimum atomic E-state index is -3.65. The smallest absolute Gasteiger partial charge is 0.251 e. The first-order valence-electron chi connectivity index (χ1n) is 8.37. The third-order valence-corrected chi connectivity index (χ3v) is 6.99. The van der Waals surface area contributed by atoms with Crippen molar-refractivity contribution in [1.82, 2.24) is 14.1 Å². The minimum absolute atomic E-state index is 0.192. The second-order valence-electron chi connectivity index (χ2n) is 6.74. The van der Waals surface area contributed by atoms with E-state index in [4.69, 9.17) is 0 Å². The van der Waals surface area contributed by atoms with Crippen molar-refractivity contribution in [3.8, 4) is 0 Å². The number of halogens is 2. The zero-order chi connectivity index (χ0) is 17.4. The highest BCUT2D eigenvalue weighted by molar-refractivity contribution is 7.89. The molecule has 6 nitrogen and oxygen atoms in total. The Labute approximate surface area is 141 Å². The van der Waals surface area contributed by atoms with Gasteiger partial charge >= 0.3 is 0 Å². The van der Waals surface area contributed by atoms with Crippen LogP contribution in [0.2, 0.25) is 0 Å². The third kappa shape index (κ3) is 3.72. The minimum Gasteiger partial charge on any atom is -0.366 e. The summed E-state index contributed by atoms with van der Waals surface area (Å²) in [6.45, 7) is 1.75. The van der Waals surface area contributed by atoms with Gasteiger partial charge in [0, 0.05) is 51.8 Å². The van der Waals surface area contributed by atoms with Crippen molar-refractivity contribution in [1.29, 1.82) is 0 Å². The summed E-state index contributed by atoms with van der Waals surface area (Å²) >= 11 is 0. The Kier molecular flexibility index (Phi) is 4.83. The Morgan fingerprint density at radius 1 is 1.25 bits per heavy atom. The fourth-order valence-electron chi connectivity index (χ4n) is 3.53. The molecular weight excluding hydrogens is 338 g/mol. The summed E-state index contributed by atoms with van der Waals surface area (Å²) in [5.41, 5.74) is 0.952. The molecule has 2 aliphatic rings. The zero-order valence-electron chi connectivity index (χ0n) is 13.9. The molecule has 0 aromatic carbocycles. The average molecular weight is 362 g/mol. The van der Waals surface area contributed by atoms with E-state index in [0.717, 1.165) is 5.69 Å². The van der Waals surface area contributed by atoms with Crippen LogP contribution in [0.25, 0.3) is 0 Å². The highest BCUT2D eigenvalue weighted by Gasteiger charge is 2.44. The maximum absolute atomic E-state index is 14.0. The summed E-state index contributed by atoms with van der Waals surface area (Å²) < 4.78 is 56.1. The maximum Gasteiger partial charge on any atom is 0.251 e. The Balaban J connectivity index is 1.60. The number of aromatic nitrogens is 2. The molecule has 0 radical (unpaired) electrons. The zero-order valence-corrected chi connectivity index (χ0v) is 14.7. The standard InChI is InChI=1S/C15H24F2N4O2S/c1-19-11-14(10-18-19)20-6-8-21(9-7-20)24(22,23)12-13-4-2-3-5-15(13,16)17/h10-11,13H,2-9,12H2,1H3. The SMILES string of the molecule is Cn1cc(N2CCN(S(=O)(=O)CC3CCCCC3(F)F)CC2)cn1. The molecular formula is C15H24F2N4O2S. The molecule has 2 fully saturated rings. The van der Waals surface area contributed by atoms with E-state index in [2.05, 4.69) is 10.00 Å². The molecule has 1 saturated heterocycles. The van der Waals surface area contributed by atoms with Crippen LogP contribution in [-0.4, -0.2) is 60.4 Å². The number of hydrogen-bond donors (Lipinski definition) is 0. The summed E-state index contributed by atoms with van der Waals surface area (Å²) in [7, 11) is -1.82. The first-order valence-corrected chi connectivity index (χ1v) is 9.98. The van der Waals surface area contributed by atoms with Gasteiger partial charge in [-0.1, -0.05) is 6.42 Å². The molecule has 1 aromatic heterocycles. The lowest BCUT2D eigenvalue weighted by atomic mass is 9.87. The molecule has 1 aliphatic heterocycles. The second-order valence-corrected chi connectivity index (χ2v) is 8.75. The van der Waals surface area contributed by atoms with Gasteiger partial charge in [-0.05, 0) is 12.8 Å². The van der Waals surface area contributed by atoms with Crippen LogP contribution in [0, 0.1) is 5.92 Å². The van der Waals surface area contributed by atoms with Gasteiger partial charge in [0.05, 0.1) is 17.6 Å². The van der Waals surface area contributed by atoms with E-state index in [9.17, 15) is 17.2 Å². The molecule has 9 heteroatoms. The maximum atomic E-state index is 14.0. The Morgan fingerprint density at radius 3 is 2.54 bits per heavy atom. The fourth-order valence-corrected chi connectivity index (χ4v) is 5.38. The van der Waals surface area contributed by atoms with E-state index in [1.807, 2.05) is 13.2 Å². The number of aryl methyl sites for hydroxylation is 1. The highest BCUT2D eigenvalue weighted by atomic mass is 32.2. The number of alkyl halides is 2. The summed E-state index contributed by atoms with van der Waals surface area (Å²) in [6, 6.07) is 0. The van der Waals surface area contributed by atoms with Crippen LogP contribution < -0.4 is 4.90 Å². The van der Waals surface area contributed by atoms with E-state index < -0.39 is 27.6 Å². The molecule has 3 rings (SSSR count). The molecule has 1 aliphatic carbocycles. The Bertz CT molecular complexity index is 669. The van der Waals surface area contributed by atoms with Crippen molar-refractivity contribution >= 4 is 15.7 Å². The van der Waals surface area contributed by atoms with E-state index in [-0.39, 0.29) is 6.42 Å². The van der Waals surface area contributed by atoms with Crippen LogP contribution >= 0.6 is 0 Å². The average Bonchev–Trinajstić information content (AvgIpc) is 2.96. The van der Waals surface area contributed by atoms with Crippen molar-refractivity contribution < 1.29 is 17.2 Å². The van der Waals surface area contributed by atoms with E-state index in [0.29, 0.717) is 45.4 Å². The molecule has 1 atom stereocenters. The summed E-state index contributed by atoms with van der Waals surface area (Å²) in [5.74, 6) is -4.34. The molecule has 24 heavy (non-hydrogen) atoms. The van der Waals surface area contributed by atoms with Crippen LogP contribution in [0.1, 0.15) is 25.7 Å². The van der Waals surface area contributed by atoms with Crippen molar-refractivity contribution in [3.05, 3.63) is 12.4 Å². The van der Waals surface area contributed by atoms with Gasteiger partial charge in [-0.15, -0.1) is 0 Å². The Morgan fingerprint density at radius 2 is 1.96 bits per heavy atom. The van der Waals surface area contributed by atoms with Crippen LogP contribution in [0.3, 0.4) is 0 Å². The third-order valence-electron chi connectivity index (χ3n) is 5.01. The van der Waals surface area contributed by atoms with Crippen LogP contribution in [0.4, 0.5) is 14.5 Å². The predicted octanol–water partition coefficient (Wildman–Crippen LogP) is 1.70. The van der Waals surface area contributed by atoms with Gasteiger partial charge < -0.3 is 4.90 Å². The first kappa shape index (κ1) is 17.6. The normalized spacial score (nSPS) is 25.8. The summed E-state index contributed by atoms with van der Waals surface area (Å²) in [6.07, 6.45) is 4.89. The quantitative estimate of drug-likeness (QED) is 0.818. The van der Waals surface area contributed by atoms with E-state index >= 15 is 0 Å². The van der Waals surface area contributed by atoms with Gasteiger partial charge in [0.2, 0.25) is 10.0 Å². The van der Waals surface area contributed by atoms with Crippen LogP contribution in [-0.2, 0) is 17.1 Å². The second kappa shape index (κ2) is 6.59. The molecule has 1 saturated carbocycles. The molecule has 0 N–H and O–H groups in total. The first-order chi connectivity index (χ1) is 11.3. The summed E-state index contributed by atoms with van der Waals surface area (Å²) in [4.78, 5) is 2.06. The van der Waals surface area contributed by atoms with Gasteiger partial charge in [-0.2, -0.15) is 9.40 Å². The predicted molar refractivity (Wildman–Crippen MR) is 87.7 cm³/mol. The lowest BCUT2D eigenvalue weighted by molar-refractivity contribution is -0.0773. The van der Waals surface area contributed by atoms with Crippen molar-refractivity contribution in [2.75, 3.05) is 36.8 Å². The molecule has 0 spiro atoms. The molecule has 2 heterocycles. The fraction of sp³-hybridized carbons (Fsp3) is 0.800. The van der Waals surface area contributed by atoms with Crippen molar-refractivity contribution in [2.45, 2.75) is 31.6 Å². The Hall–Kier alpha value is -1.22. The van der Waals surface area contributed by atoms with Crippen LogP contribution in [0.5, 0.6) is 0 Å². The lowest BCUT2D eigenvalue weighted by Crippen LogP contribution is -2.51. The van der Waals surface area contributed by atoms with Gasteiger partial charge in [0.25, 0.3) is 5.92 Å². The number of sulfonamides is 1. The number of anilines is 1. The largest absolute Gasteiger partial charge is 0.366 e. The van der Waals surface area contributed by atoms with Crippen molar-refractivity contribution in [2.24, 2.45) is 13.0 Å². The molecule has 1 aromatic rings. The lowest BCUT2D eigenvalue weighted by Gasteiger charge is -2.37. The number of hydrogen-bond acceptors (Lipinski definition) is 4. The van der Waals surface area contributed by atoms with E-state index in [1.165, 1.54) is 4.31 Å². The summed E-state index contributed by atoms with van der Waals surface area (Å²) in [5, 5.41) is 4.11. The van der Waals surface area contributed by atoms with Gasteiger partial charge in [0.1, 0.15) is 0 Å². The highest BCUT2D eigenvalue weighted by Crippen LogP contribution is 2.39. The van der Waals surface area contributed by atoms with Gasteiger partial charge in [-0.25, -0.2) is 17.2 Å². The monoisotopic (exact) mass is 362 g/mol. The van der Waals surface area contributed by atoms with Gasteiger partial charge in [0.15, 0.2) is 0 Å². The number of rotatable bonds is 4. The van der Waals surface area contributed by atoms with Crippen LogP contribution in [0.15, 0.2) is 12.4 Å². The van der Waals surface area contributed by atoms with Crippen molar-refractivity contribution in [3.63, 3.8) is 0 Å². The number of nitrogens with zero attached hydrogens (tertiary/aromatic N) is 4.